The largest absolute Gasteiger partial charge is 0.494 e. The lowest BCUT2D eigenvalue weighted by atomic mass is 10.1. The third-order valence-corrected chi connectivity index (χ3v) is 5.62. The highest BCUT2D eigenvalue weighted by Crippen LogP contribution is 2.45. The number of aliphatic imine (C=N–C) groups is 1. The molecule has 6 nitrogen and oxygen atoms in total. The molecule has 3 aromatic rings. The molecule has 0 bridgehead atoms. The van der Waals surface area contributed by atoms with Crippen molar-refractivity contribution >= 4 is 50.9 Å². The van der Waals surface area contributed by atoms with E-state index in [1.54, 1.807) is 19.2 Å². The standard InChI is InChI=1S/C22H22BrN3O3/c1-24-19-9-14(22(27)29-3)10-20(28-2)21(19)26(17-6-7-17)12-16-8-13-4-5-15(23)11-18(13)25-16/h4-5,8-11,17,25H,1,6-7,12H2,2-3H3. The SMILES string of the molecule is C=Nc1cc(C(=O)OC)cc(OC)c1N(Cc1cc2ccc(Br)cc2[nH]1)C1CC1. The number of ether oxygens (including phenoxy) is 2. The smallest absolute Gasteiger partial charge is 0.338 e. The number of methoxy groups -OCH3 is 2. The Hall–Kier alpha value is -2.80. The molecule has 1 aliphatic carbocycles. The van der Waals surface area contributed by atoms with Crippen molar-refractivity contribution in [2.45, 2.75) is 25.4 Å². The van der Waals surface area contributed by atoms with Gasteiger partial charge < -0.3 is 19.4 Å². The maximum atomic E-state index is 12.0. The van der Waals surface area contributed by atoms with E-state index >= 15 is 0 Å². The van der Waals surface area contributed by atoms with Crippen LogP contribution in [0.25, 0.3) is 10.9 Å². The summed E-state index contributed by atoms with van der Waals surface area (Å²) in [6, 6.07) is 12.2. The Morgan fingerprint density at radius 3 is 2.72 bits per heavy atom. The number of nitrogens with one attached hydrogen (secondary N) is 1. The summed E-state index contributed by atoms with van der Waals surface area (Å²) in [6.45, 7) is 4.38. The maximum Gasteiger partial charge on any atom is 0.338 e. The number of rotatable bonds is 7. The van der Waals surface area contributed by atoms with Crippen molar-refractivity contribution in [3.63, 3.8) is 0 Å². The lowest BCUT2D eigenvalue weighted by molar-refractivity contribution is 0.0600. The molecule has 0 amide bonds. The van der Waals surface area contributed by atoms with Crippen LogP contribution in [0.5, 0.6) is 5.75 Å². The van der Waals surface area contributed by atoms with Gasteiger partial charge in [0.15, 0.2) is 0 Å². The topological polar surface area (TPSA) is 66.9 Å². The summed E-state index contributed by atoms with van der Waals surface area (Å²) in [5, 5.41) is 1.16. The van der Waals surface area contributed by atoms with E-state index in [-0.39, 0.29) is 0 Å². The summed E-state index contributed by atoms with van der Waals surface area (Å²) in [7, 11) is 2.95. The van der Waals surface area contributed by atoms with Crippen LogP contribution in [0, 0.1) is 0 Å². The van der Waals surface area contributed by atoms with Crippen LogP contribution < -0.4 is 9.64 Å². The maximum absolute atomic E-state index is 12.0. The number of nitrogens with zero attached hydrogens (tertiary/aromatic N) is 2. The van der Waals surface area contributed by atoms with Gasteiger partial charge in [0.2, 0.25) is 0 Å². The average Bonchev–Trinajstić information content (AvgIpc) is 3.50. The number of H-pyrrole nitrogens is 1. The van der Waals surface area contributed by atoms with Gasteiger partial charge >= 0.3 is 5.97 Å². The second-order valence-electron chi connectivity index (χ2n) is 7.08. The molecular formula is C22H22BrN3O3. The van der Waals surface area contributed by atoms with Gasteiger partial charge in [-0.15, -0.1) is 0 Å². The normalized spacial score (nSPS) is 13.3. The third-order valence-electron chi connectivity index (χ3n) is 5.12. The Labute approximate surface area is 177 Å². The molecule has 1 saturated carbocycles. The highest BCUT2D eigenvalue weighted by Gasteiger charge is 2.33. The number of esters is 1. The zero-order valence-electron chi connectivity index (χ0n) is 16.4. The lowest BCUT2D eigenvalue weighted by Gasteiger charge is -2.27. The van der Waals surface area contributed by atoms with Crippen molar-refractivity contribution in [2.75, 3.05) is 19.1 Å². The molecule has 0 aliphatic heterocycles. The van der Waals surface area contributed by atoms with Crippen molar-refractivity contribution in [3.05, 3.63) is 52.1 Å². The molecule has 1 aliphatic rings. The van der Waals surface area contributed by atoms with Crippen molar-refractivity contribution in [1.29, 1.82) is 0 Å². The molecule has 1 aromatic heterocycles. The number of fused-ring (bicyclic) bond motifs is 1. The molecule has 1 fully saturated rings. The Morgan fingerprint density at radius 1 is 1.28 bits per heavy atom. The lowest BCUT2D eigenvalue weighted by Crippen LogP contribution is -2.26. The molecule has 2 aromatic carbocycles. The predicted molar refractivity (Wildman–Crippen MR) is 119 cm³/mol. The van der Waals surface area contributed by atoms with E-state index < -0.39 is 5.97 Å². The fourth-order valence-electron chi connectivity index (χ4n) is 3.60. The molecule has 7 heteroatoms. The Morgan fingerprint density at radius 2 is 2.07 bits per heavy atom. The van der Waals surface area contributed by atoms with Crippen molar-refractivity contribution in [3.8, 4) is 5.75 Å². The number of anilines is 1. The highest BCUT2D eigenvalue weighted by molar-refractivity contribution is 9.10. The van der Waals surface area contributed by atoms with Gasteiger partial charge in [0.1, 0.15) is 11.4 Å². The van der Waals surface area contributed by atoms with Gasteiger partial charge in [-0.2, -0.15) is 0 Å². The van der Waals surface area contributed by atoms with Crippen molar-refractivity contribution < 1.29 is 14.3 Å². The molecule has 29 heavy (non-hydrogen) atoms. The second kappa shape index (κ2) is 7.91. The molecule has 0 saturated heterocycles. The van der Waals surface area contributed by atoms with Gasteiger partial charge in [-0.1, -0.05) is 22.0 Å². The minimum absolute atomic E-state index is 0.390. The Balaban J connectivity index is 1.76. The first kappa shape index (κ1) is 19.5. The molecule has 0 atom stereocenters. The molecule has 1 heterocycles. The van der Waals surface area contributed by atoms with E-state index in [1.807, 2.05) is 6.07 Å². The Kier molecular flexibility index (Phi) is 5.32. The summed E-state index contributed by atoms with van der Waals surface area (Å²) in [4.78, 5) is 22.0. The summed E-state index contributed by atoms with van der Waals surface area (Å²) in [5.74, 6) is 0.153. The van der Waals surface area contributed by atoms with Gasteiger partial charge in [0.05, 0.1) is 32.0 Å². The average molecular weight is 456 g/mol. The van der Waals surface area contributed by atoms with Crippen LogP contribution in [0.1, 0.15) is 28.9 Å². The number of aromatic nitrogens is 1. The van der Waals surface area contributed by atoms with Crippen LogP contribution in [0.3, 0.4) is 0 Å². The predicted octanol–water partition coefficient (Wildman–Crippen LogP) is 5.23. The van der Waals surface area contributed by atoms with E-state index in [0.717, 1.165) is 39.6 Å². The number of aromatic amines is 1. The van der Waals surface area contributed by atoms with Crippen molar-refractivity contribution in [2.24, 2.45) is 4.99 Å². The highest BCUT2D eigenvalue weighted by atomic mass is 79.9. The van der Waals surface area contributed by atoms with E-state index in [0.29, 0.717) is 29.6 Å². The first-order valence-corrected chi connectivity index (χ1v) is 10.1. The van der Waals surface area contributed by atoms with Gasteiger partial charge in [-0.3, -0.25) is 4.99 Å². The summed E-state index contributed by atoms with van der Waals surface area (Å²) in [6.07, 6.45) is 2.20. The van der Waals surface area contributed by atoms with Crippen molar-refractivity contribution in [1.82, 2.24) is 4.98 Å². The van der Waals surface area contributed by atoms with Crippen LogP contribution in [0.15, 0.2) is 45.9 Å². The zero-order chi connectivity index (χ0) is 20.5. The number of halogens is 1. The number of hydrogen-bond acceptors (Lipinski definition) is 5. The molecule has 4 rings (SSSR count). The molecular weight excluding hydrogens is 434 g/mol. The summed E-state index contributed by atoms with van der Waals surface area (Å²) in [5.41, 5.74) is 4.02. The number of benzene rings is 2. The zero-order valence-corrected chi connectivity index (χ0v) is 18.0. The van der Waals surface area contributed by atoms with E-state index in [9.17, 15) is 4.79 Å². The molecule has 1 N–H and O–H groups in total. The fraction of sp³-hybridized carbons (Fsp3) is 0.273. The number of carbonyl (C=O) groups excluding carboxylic acids is 1. The number of hydrogen-bond donors (Lipinski definition) is 1. The molecule has 0 unspecified atom stereocenters. The van der Waals surface area contributed by atoms with E-state index in [1.165, 1.54) is 7.11 Å². The van der Waals surface area contributed by atoms with Crippen LogP contribution in [-0.4, -0.2) is 37.9 Å². The molecule has 0 radical (unpaired) electrons. The fourth-order valence-corrected chi connectivity index (χ4v) is 3.96. The minimum Gasteiger partial charge on any atom is -0.494 e. The number of carbonyl (C=O) groups is 1. The monoisotopic (exact) mass is 455 g/mol. The van der Waals surface area contributed by atoms with Crippen LogP contribution in [0.4, 0.5) is 11.4 Å². The minimum atomic E-state index is -0.432. The van der Waals surface area contributed by atoms with Crippen LogP contribution in [-0.2, 0) is 11.3 Å². The van der Waals surface area contributed by atoms with Gasteiger partial charge in [-0.05, 0) is 55.3 Å². The first-order chi connectivity index (χ1) is 14.0. The van der Waals surface area contributed by atoms with Crippen LogP contribution >= 0.6 is 15.9 Å². The molecule has 150 valence electrons. The Bertz CT molecular complexity index is 1090. The second-order valence-corrected chi connectivity index (χ2v) is 8.00. The van der Waals surface area contributed by atoms with Gasteiger partial charge in [0.25, 0.3) is 0 Å². The molecule has 0 spiro atoms. The van der Waals surface area contributed by atoms with Gasteiger partial charge in [-0.25, -0.2) is 4.79 Å². The van der Waals surface area contributed by atoms with E-state index in [4.69, 9.17) is 9.47 Å². The van der Waals surface area contributed by atoms with E-state index in [2.05, 4.69) is 55.7 Å². The first-order valence-electron chi connectivity index (χ1n) is 9.35. The van der Waals surface area contributed by atoms with Crippen LogP contribution in [0.2, 0.25) is 0 Å². The summed E-state index contributed by atoms with van der Waals surface area (Å²) >= 11 is 3.52. The van der Waals surface area contributed by atoms with Gasteiger partial charge in [0, 0.05) is 21.7 Å². The quantitative estimate of drug-likeness (QED) is 0.391. The third kappa shape index (κ3) is 3.87. The summed E-state index contributed by atoms with van der Waals surface area (Å²) < 4.78 is 11.5.